The normalized spacial score (nSPS) is 15.5. The summed E-state index contributed by atoms with van der Waals surface area (Å²) in [5.74, 6) is 0.514. The van der Waals surface area contributed by atoms with Gasteiger partial charge in [0.25, 0.3) is 0 Å². The highest BCUT2D eigenvalue weighted by Gasteiger charge is 2.23. The van der Waals surface area contributed by atoms with Gasteiger partial charge in [0.15, 0.2) is 5.65 Å². The van der Waals surface area contributed by atoms with Crippen LogP contribution >= 0.6 is 0 Å². The molecule has 112 valence electrons. The van der Waals surface area contributed by atoms with E-state index < -0.39 is 0 Å². The van der Waals surface area contributed by atoms with Crippen molar-refractivity contribution in [2.75, 3.05) is 5.32 Å². The molecule has 6 heteroatoms. The lowest BCUT2D eigenvalue weighted by Crippen LogP contribution is -2.21. The minimum absolute atomic E-state index is 0.0369. The Hall–Kier alpha value is -2.63. The molecule has 1 amide bonds. The Bertz CT molecular complexity index is 799. The second kappa shape index (κ2) is 5.29. The molecule has 1 aliphatic rings. The number of pyridine rings is 1. The monoisotopic (exact) mass is 295 g/mol. The Morgan fingerprint density at radius 2 is 2.09 bits per heavy atom. The SMILES string of the molecule is O=C(Nc1nc2cccc(-c3ccc[nH]3)n2n1)C1CCCC1. The number of rotatable bonds is 3. The number of carbonyl (C=O) groups is 1. The molecule has 0 saturated heterocycles. The highest BCUT2D eigenvalue weighted by molar-refractivity contribution is 5.91. The lowest BCUT2D eigenvalue weighted by atomic mass is 10.1. The van der Waals surface area contributed by atoms with Crippen LogP contribution in [0.1, 0.15) is 25.7 Å². The number of nitrogens with zero attached hydrogens (tertiary/aromatic N) is 3. The number of carbonyl (C=O) groups excluding carboxylic acids is 1. The van der Waals surface area contributed by atoms with Gasteiger partial charge in [0.05, 0.1) is 11.4 Å². The van der Waals surface area contributed by atoms with Gasteiger partial charge in [0, 0.05) is 12.1 Å². The molecule has 3 heterocycles. The van der Waals surface area contributed by atoms with Crippen LogP contribution in [0.2, 0.25) is 0 Å². The van der Waals surface area contributed by atoms with E-state index in [0.29, 0.717) is 11.6 Å². The summed E-state index contributed by atoms with van der Waals surface area (Å²) in [7, 11) is 0. The molecule has 3 aromatic rings. The quantitative estimate of drug-likeness (QED) is 0.780. The molecular weight excluding hydrogens is 278 g/mol. The van der Waals surface area contributed by atoms with Crippen LogP contribution in [0.15, 0.2) is 36.5 Å². The molecule has 0 atom stereocenters. The fourth-order valence-corrected chi connectivity index (χ4v) is 3.05. The molecule has 0 bridgehead atoms. The number of hydrogen-bond donors (Lipinski definition) is 2. The van der Waals surface area contributed by atoms with E-state index >= 15 is 0 Å². The minimum atomic E-state index is 0.0369. The maximum absolute atomic E-state index is 12.2. The Kier molecular flexibility index (Phi) is 3.14. The van der Waals surface area contributed by atoms with Crippen molar-refractivity contribution in [3.8, 4) is 11.4 Å². The smallest absolute Gasteiger partial charge is 0.249 e. The Labute approximate surface area is 127 Å². The summed E-state index contributed by atoms with van der Waals surface area (Å²) in [4.78, 5) is 19.8. The predicted octanol–water partition coefficient (Wildman–Crippen LogP) is 2.85. The van der Waals surface area contributed by atoms with E-state index in [1.165, 1.54) is 0 Å². The number of fused-ring (bicyclic) bond motifs is 1. The molecule has 22 heavy (non-hydrogen) atoms. The van der Waals surface area contributed by atoms with Crippen LogP contribution < -0.4 is 5.32 Å². The second-order valence-corrected chi connectivity index (χ2v) is 5.67. The van der Waals surface area contributed by atoms with Crippen LogP contribution in [-0.2, 0) is 4.79 Å². The van der Waals surface area contributed by atoms with Crippen molar-refractivity contribution in [2.24, 2.45) is 5.92 Å². The molecule has 0 unspecified atom stereocenters. The third kappa shape index (κ3) is 2.26. The van der Waals surface area contributed by atoms with E-state index in [2.05, 4.69) is 20.4 Å². The number of nitrogens with one attached hydrogen (secondary N) is 2. The van der Waals surface area contributed by atoms with Crippen LogP contribution in [0, 0.1) is 5.92 Å². The molecule has 0 aromatic carbocycles. The Balaban J connectivity index is 1.66. The topological polar surface area (TPSA) is 75.1 Å². The van der Waals surface area contributed by atoms with Crippen LogP contribution in [0.4, 0.5) is 5.95 Å². The second-order valence-electron chi connectivity index (χ2n) is 5.67. The van der Waals surface area contributed by atoms with E-state index in [1.807, 2.05) is 36.5 Å². The summed E-state index contributed by atoms with van der Waals surface area (Å²) in [6.07, 6.45) is 6.06. The average molecular weight is 295 g/mol. The first-order chi connectivity index (χ1) is 10.8. The van der Waals surface area contributed by atoms with Gasteiger partial charge in [-0.1, -0.05) is 18.9 Å². The van der Waals surface area contributed by atoms with Gasteiger partial charge in [-0.2, -0.15) is 4.98 Å². The van der Waals surface area contributed by atoms with Crippen molar-refractivity contribution in [2.45, 2.75) is 25.7 Å². The fourth-order valence-electron chi connectivity index (χ4n) is 3.05. The van der Waals surface area contributed by atoms with Gasteiger partial charge >= 0.3 is 0 Å². The van der Waals surface area contributed by atoms with Gasteiger partial charge in [-0.3, -0.25) is 10.1 Å². The van der Waals surface area contributed by atoms with Crippen LogP contribution in [-0.4, -0.2) is 25.5 Å². The summed E-state index contributed by atoms with van der Waals surface area (Å²) < 4.78 is 1.75. The standard InChI is InChI=1S/C16H17N5O/c22-15(11-5-1-2-6-11)19-16-18-14-9-3-8-13(21(14)20-16)12-7-4-10-17-12/h3-4,7-11,17H,1-2,5-6H2,(H,19,20,22). The Morgan fingerprint density at radius 1 is 1.23 bits per heavy atom. The van der Waals surface area contributed by atoms with Gasteiger partial charge in [0.2, 0.25) is 11.9 Å². The molecule has 1 aliphatic carbocycles. The fraction of sp³-hybridized carbons (Fsp3) is 0.312. The highest BCUT2D eigenvalue weighted by atomic mass is 16.2. The molecule has 0 radical (unpaired) electrons. The number of hydrogen-bond acceptors (Lipinski definition) is 3. The van der Waals surface area contributed by atoms with Crippen LogP contribution in [0.3, 0.4) is 0 Å². The molecule has 1 saturated carbocycles. The number of aromatic amines is 1. The molecule has 1 fully saturated rings. The van der Waals surface area contributed by atoms with Crippen LogP contribution in [0.5, 0.6) is 0 Å². The first kappa shape index (κ1) is 13.1. The Morgan fingerprint density at radius 3 is 2.86 bits per heavy atom. The lowest BCUT2D eigenvalue weighted by molar-refractivity contribution is -0.119. The number of aromatic nitrogens is 4. The number of anilines is 1. The lowest BCUT2D eigenvalue weighted by Gasteiger charge is -2.06. The zero-order valence-corrected chi connectivity index (χ0v) is 12.1. The van der Waals surface area contributed by atoms with E-state index in [-0.39, 0.29) is 11.8 Å². The molecule has 2 N–H and O–H groups in total. The van der Waals surface area contributed by atoms with E-state index in [0.717, 1.165) is 37.1 Å². The first-order valence-electron chi connectivity index (χ1n) is 7.62. The maximum Gasteiger partial charge on any atom is 0.249 e. The van der Waals surface area contributed by atoms with E-state index in [1.54, 1.807) is 4.52 Å². The van der Waals surface area contributed by atoms with Crippen molar-refractivity contribution >= 4 is 17.5 Å². The van der Waals surface area contributed by atoms with Crippen molar-refractivity contribution in [3.05, 3.63) is 36.5 Å². The van der Waals surface area contributed by atoms with Gasteiger partial charge in [-0.05, 0) is 37.1 Å². The third-order valence-corrected chi connectivity index (χ3v) is 4.19. The van der Waals surface area contributed by atoms with Crippen LogP contribution in [0.25, 0.3) is 17.0 Å². The first-order valence-corrected chi connectivity index (χ1v) is 7.62. The number of amides is 1. The summed E-state index contributed by atoms with van der Waals surface area (Å²) in [6, 6.07) is 9.70. The summed E-state index contributed by atoms with van der Waals surface area (Å²) in [5, 5.41) is 7.29. The summed E-state index contributed by atoms with van der Waals surface area (Å²) in [6.45, 7) is 0. The summed E-state index contributed by atoms with van der Waals surface area (Å²) >= 11 is 0. The van der Waals surface area contributed by atoms with E-state index in [9.17, 15) is 4.79 Å². The largest absolute Gasteiger partial charge is 0.360 e. The van der Waals surface area contributed by atoms with Crippen molar-refractivity contribution in [3.63, 3.8) is 0 Å². The average Bonchev–Trinajstić information content (AvgIpc) is 3.26. The molecule has 0 spiro atoms. The van der Waals surface area contributed by atoms with Crippen molar-refractivity contribution in [1.82, 2.24) is 19.6 Å². The van der Waals surface area contributed by atoms with Crippen molar-refractivity contribution in [1.29, 1.82) is 0 Å². The molecule has 4 rings (SSSR count). The van der Waals surface area contributed by atoms with Gasteiger partial charge in [0.1, 0.15) is 0 Å². The van der Waals surface area contributed by atoms with Gasteiger partial charge in [-0.15, -0.1) is 5.10 Å². The zero-order chi connectivity index (χ0) is 14.9. The third-order valence-electron chi connectivity index (χ3n) is 4.19. The molecule has 0 aliphatic heterocycles. The number of H-pyrrole nitrogens is 1. The van der Waals surface area contributed by atoms with E-state index in [4.69, 9.17) is 0 Å². The van der Waals surface area contributed by atoms with Crippen molar-refractivity contribution < 1.29 is 4.79 Å². The molecule has 6 nitrogen and oxygen atoms in total. The molecule has 3 aromatic heterocycles. The predicted molar refractivity (Wildman–Crippen MR) is 83.4 cm³/mol. The summed E-state index contributed by atoms with van der Waals surface area (Å²) in [5.41, 5.74) is 2.59. The maximum atomic E-state index is 12.2. The highest BCUT2D eigenvalue weighted by Crippen LogP contribution is 2.26. The minimum Gasteiger partial charge on any atom is -0.360 e. The van der Waals surface area contributed by atoms with Gasteiger partial charge < -0.3 is 4.98 Å². The zero-order valence-electron chi connectivity index (χ0n) is 12.1. The van der Waals surface area contributed by atoms with Gasteiger partial charge in [-0.25, -0.2) is 4.52 Å². The molecular formula is C16H17N5O.